The minimum Gasteiger partial charge on any atom is -0.596 e. The fraction of sp³-hybridized carbons (Fsp3) is 0.455. The number of anilines is 2. The molecule has 4 rings (SSSR count). The van der Waals surface area contributed by atoms with Crippen LogP contribution in [-0.4, -0.2) is 46.5 Å². The maximum absolute atomic E-state index is 12.3. The Morgan fingerprint density at radius 2 is 2.34 bits per heavy atom. The third kappa shape index (κ3) is 3.78. The summed E-state index contributed by atoms with van der Waals surface area (Å²) < 4.78 is 0. The Balaban J connectivity index is 1.70. The predicted octanol–water partition coefficient (Wildman–Crippen LogP) is 1.35. The van der Waals surface area contributed by atoms with Crippen LogP contribution < -0.4 is 21.5 Å². The number of thiophene rings is 1. The molecule has 0 unspecified atom stereocenters. The number of hydrogen-bond donors (Lipinski definition) is 4. The zero-order valence-electron chi connectivity index (χ0n) is 18.2. The number of H-pyrrole nitrogens is 1. The molecule has 0 saturated carbocycles. The molecule has 3 heterocycles. The Hall–Kier alpha value is -3.16. The molecule has 10 heteroatoms. The van der Waals surface area contributed by atoms with Gasteiger partial charge in [0.15, 0.2) is 5.82 Å². The number of aromatic amines is 1. The van der Waals surface area contributed by atoms with Crippen LogP contribution in [0.15, 0.2) is 22.7 Å². The number of aryl methyl sites for hydroxylation is 1. The highest BCUT2D eigenvalue weighted by atomic mass is 32.1. The fourth-order valence-corrected chi connectivity index (χ4v) is 5.83. The van der Waals surface area contributed by atoms with Gasteiger partial charge in [0.1, 0.15) is 28.0 Å². The fourth-order valence-electron chi connectivity index (χ4n) is 4.64. The maximum atomic E-state index is 12.3. The lowest BCUT2D eigenvalue weighted by molar-refractivity contribution is 0.284. The number of hydrogen-bond acceptors (Lipinski definition) is 8. The molecular weight excluding hydrogens is 426 g/mol. The van der Waals surface area contributed by atoms with Crippen molar-refractivity contribution in [3.8, 4) is 6.07 Å². The van der Waals surface area contributed by atoms with Crippen LogP contribution in [0.1, 0.15) is 48.5 Å². The lowest BCUT2D eigenvalue weighted by atomic mass is 9.71. The first-order valence-corrected chi connectivity index (χ1v) is 11.5. The molecule has 2 aliphatic rings. The van der Waals surface area contributed by atoms with Crippen LogP contribution in [-0.2, 0) is 11.8 Å². The van der Waals surface area contributed by atoms with Crippen molar-refractivity contribution in [2.75, 3.05) is 30.3 Å². The molecule has 2 aromatic heterocycles. The molecule has 0 bridgehead atoms. The van der Waals surface area contributed by atoms with Crippen molar-refractivity contribution >= 4 is 27.9 Å². The van der Waals surface area contributed by atoms with Crippen LogP contribution in [0.4, 0.5) is 10.8 Å². The average molecular weight is 455 g/mol. The van der Waals surface area contributed by atoms with Gasteiger partial charge in [-0.3, -0.25) is 10.2 Å². The van der Waals surface area contributed by atoms with Gasteiger partial charge in [-0.15, -0.1) is 11.3 Å². The van der Waals surface area contributed by atoms with Gasteiger partial charge < -0.3 is 26.0 Å². The molecule has 0 amide bonds. The highest BCUT2D eigenvalue weighted by Crippen LogP contribution is 2.48. The second-order valence-corrected chi connectivity index (χ2v) is 9.74. The summed E-state index contributed by atoms with van der Waals surface area (Å²) in [4.78, 5) is 22.6. The predicted molar refractivity (Wildman–Crippen MR) is 127 cm³/mol. The van der Waals surface area contributed by atoms with E-state index in [1.807, 2.05) is 6.92 Å². The normalized spacial score (nSPS) is 23.5. The number of allylic oxidation sites excluding steroid dienone is 2. The maximum Gasteiger partial charge on any atom is 0.253 e. The highest BCUT2D eigenvalue weighted by molar-refractivity contribution is 7.16. The molecule has 168 valence electrons. The van der Waals surface area contributed by atoms with Crippen molar-refractivity contribution in [1.29, 1.82) is 10.7 Å². The number of aromatic nitrogens is 2. The molecule has 1 saturated heterocycles. The Morgan fingerprint density at radius 1 is 1.56 bits per heavy atom. The number of fused-ring (bicyclic) bond motifs is 1. The number of nitrogens with one attached hydrogen (secondary N) is 3. The van der Waals surface area contributed by atoms with E-state index in [2.05, 4.69) is 33.2 Å². The van der Waals surface area contributed by atoms with Crippen molar-refractivity contribution in [3.05, 3.63) is 50.1 Å². The van der Waals surface area contributed by atoms with Gasteiger partial charge >= 0.3 is 0 Å². The monoisotopic (exact) mass is 454 g/mol. The SMILES string of the molecule is C[C@@H]1CNCCN1c1cc(=O)[nH]c(C(=N)/C=C(\[OH2+])[C@@]2(C)CCCc3sc(N)c(C#N)c32)n1. The third-order valence-corrected chi connectivity index (χ3v) is 7.49. The number of nitrogen functional groups attached to an aromatic ring is 1. The highest BCUT2D eigenvalue weighted by Gasteiger charge is 2.43. The third-order valence-electron chi connectivity index (χ3n) is 6.41. The quantitative estimate of drug-likeness (QED) is 0.310. The molecule has 0 spiro atoms. The molecule has 9 nitrogen and oxygen atoms in total. The Labute approximate surface area is 190 Å². The first-order valence-electron chi connectivity index (χ1n) is 10.7. The molecular formula is C22H28N7O2S+. The van der Waals surface area contributed by atoms with Gasteiger partial charge in [0.2, 0.25) is 5.76 Å². The van der Waals surface area contributed by atoms with Crippen LogP contribution >= 0.6 is 11.3 Å². The topological polar surface area (TPSA) is 158 Å². The van der Waals surface area contributed by atoms with Crippen LogP contribution in [0.2, 0.25) is 0 Å². The van der Waals surface area contributed by atoms with Crippen LogP contribution in [0, 0.1) is 16.7 Å². The number of nitrogens with two attached hydrogens (primary N) is 1. The second kappa shape index (κ2) is 8.41. The van der Waals surface area contributed by atoms with E-state index in [1.54, 1.807) is 0 Å². The van der Waals surface area contributed by atoms with E-state index in [4.69, 9.17) is 16.2 Å². The zero-order valence-corrected chi connectivity index (χ0v) is 19.0. The van der Waals surface area contributed by atoms with E-state index >= 15 is 0 Å². The van der Waals surface area contributed by atoms with Gasteiger partial charge in [0.25, 0.3) is 5.56 Å². The number of nitrogens with zero attached hydrogens (tertiary/aromatic N) is 3. The summed E-state index contributed by atoms with van der Waals surface area (Å²) >= 11 is 1.42. The van der Waals surface area contributed by atoms with Crippen molar-refractivity contribution < 1.29 is 5.11 Å². The molecule has 2 aromatic rings. The van der Waals surface area contributed by atoms with E-state index in [1.165, 1.54) is 23.5 Å². The smallest absolute Gasteiger partial charge is 0.253 e. The largest absolute Gasteiger partial charge is 0.596 e. The average Bonchev–Trinajstić information content (AvgIpc) is 3.10. The number of rotatable bonds is 4. The molecule has 1 fully saturated rings. The second-order valence-electron chi connectivity index (χ2n) is 8.61. The minimum atomic E-state index is -0.718. The summed E-state index contributed by atoms with van der Waals surface area (Å²) in [5.41, 5.74) is 6.25. The Morgan fingerprint density at radius 3 is 3.06 bits per heavy atom. The van der Waals surface area contributed by atoms with Gasteiger partial charge in [-0.1, -0.05) is 0 Å². The van der Waals surface area contributed by atoms with E-state index in [0.717, 1.165) is 42.9 Å². The molecule has 2 atom stereocenters. The van der Waals surface area contributed by atoms with Gasteiger partial charge in [-0.05, 0) is 33.1 Å². The lowest BCUT2D eigenvalue weighted by Gasteiger charge is -2.34. The lowest BCUT2D eigenvalue weighted by Crippen LogP contribution is -2.50. The van der Waals surface area contributed by atoms with Gasteiger partial charge in [0, 0.05) is 42.2 Å². The summed E-state index contributed by atoms with van der Waals surface area (Å²) in [7, 11) is 0. The van der Waals surface area contributed by atoms with Gasteiger partial charge in [-0.2, -0.15) is 5.26 Å². The Kier molecular flexibility index (Phi) is 5.79. The van der Waals surface area contributed by atoms with E-state index in [9.17, 15) is 10.1 Å². The summed E-state index contributed by atoms with van der Waals surface area (Å²) in [6.07, 6.45) is 3.85. The van der Waals surface area contributed by atoms with Gasteiger partial charge in [0.05, 0.1) is 11.6 Å². The zero-order chi connectivity index (χ0) is 23.0. The van der Waals surface area contributed by atoms with E-state index in [-0.39, 0.29) is 28.9 Å². The first-order chi connectivity index (χ1) is 15.2. The summed E-state index contributed by atoms with van der Waals surface area (Å²) in [5.74, 6) is 0.875. The standard InChI is InChI=1S/C22H27N7O2S/c1-12-11-26-6-7-29(12)17-9-18(31)28-21(27-17)14(24)8-16(30)22(2)5-3-4-15-19(22)13(10-23)20(25)32-15/h8-9,12,24,26,30H,3-7,11,25H2,1-2H3,(H,27,28,31)/p+1/b16-8-,24-14?/t12-,22-/m1/s1. The molecule has 0 radical (unpaired) electrons. The molecule has 7 N–H and O–H groups in total. The van der Waals surface area contributed by atoms with Crippen LogP contribution in [0.3, 0.4) is 0 Å². The molecule has 32 heavy (non-hydrogen) atoms. The van der Waals surface area contributed by atoms with Gasteiger partial charge in [-0.25, -0.2) is 4.98 Å². The van der Waals surface area contributed by atoms with Crippen molar-refractivity contribution in [2.24, 2.45) is 0 Å². The molecule has 1 aliphatic carbocycles. The van der Waals surface area contributed by atoms with Crippen molar-refractivity contribution in [3.63, 3.8) is 0 Å². The summed E-state index contributed by atoms with van der Waals surface area (Å²) in [5, 5.41) is 30.8. The minimum absolute atomic E-state index is 0.0354. The van der Waals surface area contributed by atoms with Crippen LogP contribution in [0.5, 0.6) is 0 Å². The van der Waals surface area contributed by atoms with Crippen molar-refractivity contribution in [2.45, 2.75) is 44.6 Å². The number of piperazine rings is 1. The first kappa shape index (κ1) is 22.0. The Bertz CT molecular complexity index is 1190. The summed E-state index contributed by atoms with van der Waals surface area (Å²) in [6.45, 7) is 6.31. The van der Waals surface area contributed by atoms with E-state index < -0.39 is 5.41 Å². The van der Waals surface area contributed by atoms with E-state index in [0.29, 0.717) is 22.8 Å². The molecule has 1 aliphatic heterocycles. The molecule has 0 aromatic carbocycles. The van der Waals surface area contributed by atoms with Crippen molar-refractivity contribution in [1.82, 2.24) is 15.3 Å². The van der Waals surface area contributed by atoms with Crippen LogP contribution in [0.25, 0.3) is 0 Å². The number of nitriles is 1. The summed E-state index contributed by atoms with van der Waals surface area (Å²) in [6, 6.07) is 3.83.